The van der Waals surface area contributed by atoms with Crippen LogP contribution in [0.3, 0.4) is 0 Å². The molecule has 25 rings (SSSR count). The van der Waals surface area contributed by atoms with Crippen molar-refractivity contribution in [2.45, 2.75) is 46.2 Å². The number of hydrogen-bond donors (Lipinski definition) is 0. The van der Waals surface area contributed by atoms with Gasteiger partial charge in [-0.25, -0.2) is 29.9 Å². The Bertz CT molecular complexity index is 8360. The summed E-state index contributed by atoms with van der Waals surface area (Å²) in [5, 5.41) is 12.1. The Morgan fingerprint density at radius 2 is 0.727 bits per heavy atom. The van der Waals surface area contributed by atoms with Crippen LogP contribution in [-0.4, -0.2) is 52.1 Å². The number of nitrogens with zero attached hydrogens (tertiary/aromatic N) is 9. The minimum Gasteiger partial charge on any atom is -0.461 e. The first kappa shape index (κ1) is 75.6. The summed E-state index contributed by atoms with van der Waals surface area (Å²) in [6.45, 7) is 13.7. The van der Waals surface area contributed by atoms with Crippen molar-refractivity contribution in [3.8, 4) is 146 Å². The molecule has 0 atom stereocenters. The molecule has 16 aromatic carbocycles. The molecule has 128 heavy (non-hydrogen) atoms. The normalized spacial score (nSPS) is 12.9. The highest BCUT2D eigenvalue weighted by atomic mass is 28.3. The molecule has 0 spiro atoms. The van der Waals surface area contributed by atoms with Crippen molar-refractivity contribution in [2.24, 2.45) is 0 Å². The van der Waals surface area contributed by atoms with Gasteiger partial charge in [0.1, 0.15) is 36.5 Å². The summed E-state index contributed by atoms with van der Waals surface area (Å²) in [5.41, 5.74) is 32.0. The fraction of sp³-hybridized carbons (Fsp3) is 0.0603. The van der Waals surface area contributed by atoms with Crippen molar-refractivity contribution in [3.05, 3.63) is 405 Å². The van der Waals surface area contributed by atoms with E-state index in [1.54, 1.807) is 6.20 Å². The largest absolute Gasteiger partial charge is 0.461 e. The number of furan rings is 2. The molecule has 1 aliphatic heterocycles. The zero-order valence-corrected chi connectivity index (χ0v) is 72.2. The van der Waals surface area contributed by atoms with Crippen LogP contribution in [0, 0.1) is 13.8 Å². The Balaban J connectivity index is 0.000000143. The van der Waals surface area contributed by atoms with Crippen LogP contribution in [0.2, 0.25) is 13.1 Å². The lowest BCUT2D eigenvalue weighted by atomic mass is 9.81. The van der Waals surface area contributed by atoms with Gasteiger partial charge in [0.15, 0.2) is 23.3 Å². The molecule has 0 unspecified atom stereocenters. The highest BCUT2D eigenvalue weighted by Crippen LogP contribution is 2.51. The fourth-order valence-corrected chi connectivity index (χ4v) is 23.2. The maximum atomic E-state index is 6.64. The van der Waals surface area contributed by atoms with E-state index < -0.39 is 8.07 Å². The van der Waals surface area contributed by atoms with E-state index in [1.165, 1.54) is 82.0 Å². The Labute approximate surface area is 740 Å². The molecule has 0 amide bonds. The minimum atomic E-state index is -1.86. The van der Waals surface area contributed by atoms with Gasteiger partial charge in [-0.1, -0.05) is 300 Å². The quantitative estimate of drug-likeness (QED) is 0.110. The van der Waals surface area contributed by atoms with Gasteiger partial charge in [-0.2, -0.15) is 0 Å². The second-order valence-electron chi connectivity index (χ2n) is 34.8. The molecule has 606 valence electrons. The summed E-state index contributed by atoms with van der Waals surface area (Å²) in [7, 11) is -1.86. The highest BCUT2D eigenvalue weighted by Gasteiger charge is 2.39. The molecular formula is C116H81N9O2Si. The SMILES string of the molecule is CC1(C)c2ccccc2-c2ccc(-c3cc(-n4c5ccccc5c5cc(-c6cncc(-c7cc(-c8ccccc8)nc(-c8ccccc8)n7)n6)ccc54)c4ccccc4c3)cc21.Cc1cc2c(-c3nc(-c4ccccc4)nc(-c4ccccc4)n3)ccc(-c3ccc4c(c3)c3ccccc3n4-c3ccc(-c4ccc5c(c4)[Si](C)(C)c4ccccc4-5)c4oc(C)cc34)c2o1. The number of rotatable bonds is 12. The summed E-state index contributed by atoms with van der Waals surface area (Å²) in [5.74, 6) is 4.18. The number of hydrogen-bond acceptors (Lipinski definition) is 9. The maximum Gasteiger partial charge on any atom is 0.164 e. The molecule has 1 aliphatic carbocycles. The van der Waals surface area contributed by atoms with E-state index in [0.717, 1.165) is 139 Å². The summed E-state index contributed by atoms with van der Waals surface area (Å²) in [6.07, 6.45) is 3.63. The molecule has 8 heterocycles. The molecular weight excluding hydrogens is 1580 g/mol. The molecule has 0 saturated heterocycles. The van der Waals surface area contributed by atoms with Gasteiger partial charge in [0.2, 0.25) is 0 Å². The lowest BCUT2D eigenvalue weighted by Crippen LogP contribution is -2.49. The van der Waals surface area contributed by atoms with Gasteiger partial charge in [0, 0.05) is 87.6 Å². The van der Waals surface area contributed by atoms with E-state index in [0.29, 0.717) is 34.7 Å². The van der Waals surface area contributed by atoms with E-state index in [2.05, 4.69) is 298 Å². The molecule has 2 aliphatic rings. The monoisotopic (exact) mass is 1660 g/mol. The van der Waals surface area contributed by atoms with Crippen LogP contribution >= 0.6 is 0 Å². The summed E-state index contributed by atoms with van der Waals surface area (Å²) in [6, 6.07) is 132. The zero-order chi connectivity index (χ0) is 85.6. The van der Waals surface area contributed by atoms with Crippen molar-refractivity contribution in [2.75, 3.05) is 0 Å². The first-order valence-electron chi connectivity index (χ1n) is 43.6. The molecule has 12 heteroatoms. The molecule has 7 aromatic heterocycles. The number of para-hydroxylation sites is 2. The Morgan fingerprint density at radius 1 is 0.258 bits per heavy atom. The van der Waals surface area contributed by atoms with E-state index in [9.17, 15) is 0 Å². The van der Waals surface area contributed by atoms with Gasteiger partial charge >= 0.3 is 0 Å². The second-order valence-corrected chi connectivity index (χ2v) is 39.1. The third-order valence-electron chi connectivity index (χ3n) is 26.3. The van der Waals surface area contributed by atoms with Crippen LogP contribution in [0.15, 0.2) is 391 Å². The lowest BCUT2D eigenvalue weighted by Gasteiger charge is -2.22. The molecule has 23 aromatic rings. The van der Waals surface area contributed by atoms with Crippen LogP contribution in [0.1, 0.15) is 36.5 Å². The van der Waals surface area contributed by atoms with Crippen LogP contribution < -0.4 is 10.4 Å². The fourth-order valence-electron chi connectivity index (χ4n) is 20.1. The van der Waals surface area contributed by atoms with Crippen LogP contribution in [0.4, 0.5) is 0 Å². The summed E-state index contributed by atoms with van der Waals surface area (Å²) in [4.78, 5) is 35.0. The first-order chi connectivity index (χ1) is 62.8. The van der Waals surface area contributed by atoms with Gasteiger partial charge in [-0.05, 0) is 182 Å². The standard InChI is InChI=1S/C59H42N4O2Si.C57H39N5/c1-35-31-48-46(59-61-57(37-15-7-5-8-16-37)60-58(62-59)38-17-9-6-10-18-38)27-26-41(55(48)64-35)39-24-29-51-47(33-39)43-19-11-13-21-50(43)63(51)52-30-28-42(56-49(52)32-36(2)65-56)40-23-25-45-44-20-12-14-22-53(44)66(3,4)54(45)34-40;1-57(2)47-23-13-11-21-43(47)44-27-25-38(31-48(44)57)41-29-39-19-9-10-20-42(39)55(32-41)62-53-24-14-12-22-45(53)46-30-40(26-28-54(46)62)51-34-58-35-52(59-51)50-33-49(36-15-5-3-6-16-36)60-56(61-50)37-17-7-4-8-18-37/h5-34H,1-4H3;3-35H,1-2H3. The third-order valence-corrected chi connectivity index (χ3v) is 29.9. The van der Waals surface area contributed by atoms with Gasteiger partial charge < -0.3 is 18.0 Å². The van der Waals surface area contributed by atoms with Crippen LogP contribution in [0.5, 0.6) is 0 Å². The van der Waals surface area contributed by atoms with E-state index in [4.69, 9.17) is 43.7 Å². The summed E-state index contributed by atoms with van der Waals surface area (Å²) >= 11 is 0. The second kappa shape index (κ2) is 29.8. The molecule has 11 nitrogen and oxygen atoms in total. The minimum absolute atomic E-state index is 0.0823. The van der Waals surface area contributed by atoms with Crippen molar-refractivity contribution >= 4 is 94.8 Å². The molecule has 0 fully saturated rings. The van der Waals surface area contributed by atoms with E-state index in [1.807, 2.05) is 128 Å². The number of fused-ring (bicyclic) bond motifs is 15. The van der Waals surface area contributed by atoms with Crippen molar-refractivity contribution in [1.29, 1.82) is 0 Å². The zero-order valence-electron chi connectivity index (χ0n) is 71.2. The highest BCUT2D eigenvalue weighted by molar-refractivity contribution is 7.03. The van der Waals surface area contributed by atoms with Crippen molar-refractivity contribution in [3.63, 3.8) is 0 Å². The Kier molecular flexibility index (Phi) is 17.6. The van der Waals surface area contributed by atoms with E-state index >= 15 is 0 Å². The van der Waals surface area contributed by atoms with Gasteiger partial charge in [-0.15, -0.1) is 0 Å². The smallest absolute Gasteiger partial charge is 0.164 e. The van der Waals surface area contributed by atoms with E-state index in [-0.39, 0.29) is 5.41 Å². The molecule has 0 radical (unpaired) electrons. The van der Waals surface area contributed by atoms with Crippen molar-refractivity contribution < 1.29 is 8.83 Å². The van der Waals surface area contributed by atoms with Crippen molar-refractivity contribution in [1.82, 2.24) is 44.0 Å². The average Bonchev–Trinajstić information content (AvgIpc) is 1.59. The van der Waals surface area contributed by atoms with Gasteiger partial charge in [0.05, 0.1) is 62.9 Å². The lowest BCUT2D eigenvalue weighted by molar-refractivity contribution is 0.579. The Hall–Kier alpha value is -16.2. The van der Waals surface area contributed by atoms with Crippen LogP contribution in [-0.2, 0) is 5.41 Å². The number of aryl methyl sites for hydroxylation is 2. The van der Waals surface area contributed by atoms with Gasteiger partial charge in [-0.3, -0.25) is 4.98 Å². The van der Waals surface area contributed by atoms with Gasteiger partial charge in [0.25, 0.3) is 0 Å². The molecule has 0 saturated carbocycles. The predicted molar refractivity (Wildman–Crippen MR) is 527 cm³/mol. The predicted octanol–water partition coefficient (Wildman–Crippen LogP) is 28.4. The summed E-state index contributed by atoms with van der Waals surface area (Å²) < 4.78 is 18.1. The number of benzene rings is 16. The molecule has 0 bridgehead atoms. The third kappa shape index (κ3) is 12.5. The Morgan fingerprint density at radius 3 is 1.41 bits per heavy atom. The molecule has 0 N–H and O–H groups in total. The topological polar surface area (TPSA) is 126 Å². The van der Waals surface area contributed by atoms with Crippen LogP contribution in [0.25, 0.3) is 223 Å². The first-order valence-corrected chi connectivity index (χ1v) is 46.6. The maximum absolute atomic E-state index is 6.64. The average molecular weight is 1660 g/mol. The number of aromatic nitrogens is 9.